The molecular formula is C15H14FN3O. The smallest absolute Gasteiger partial charge is 0.256 e. The monoisotopic (exact) mass is 271 g/mol. The number of aryl methyl sites for hydroxylation is 1. The van der Waals surface area contributed by atoms with Crippen LogP contribution in [-0.2, 0) is 6.42 Å². The number of carbonyl (C=O) groups is 1. The number of hydrogen-bond acceptors (Lipinski definition) is 3. The molecule has 2 aromatic rings. The summed E-state index contributed by atoms with van der Waals surface area (Å²) in [6, 6.07) is 9.83. The molecule has 1 amide bonds. The first-order valence-electron chi connectivity index (χ1n) is 6.53. The summed E-state index contributed by atoms with van der Waals surface area (Å²) in [4.78, 5) is 15.7. The van der Waals surface area contributed by atoms with Crippen molar-refractivity contribution in [2.75, 3.05) is 17.2 Å². The molecule has 2 heterocycles. The number of benzene rings is 1. The van der Waals surface area contributed by atoms with Gasteiger partial charge in [-0.2, -0.15) is 4.39 Å². The van der Waals surface area contributed by atoms with Crippen molar-refractivity contribution in [3.8, 4) is 0 Å². The normalized spacial score (nSPS) is 13.2. The quantitative estimate of drug-likeness (QED) is 0.826. The lowest BCUT2D eigenvalue weighted by molar-refractivity contribution is 0.102. The zero-order chi connectivity index (χ0) is 13.9. The summed E-state index contributed by atoms with van der Waals surface area (Å²) < 4.78 is 13.0. The van der Waals surface area contributed by atoms with Crippen molar-refractivity contribution in [3.05, 3.63) is 53.5 Å². The van der Waals surface area contributed by atoms with Crippen LogP contribution in [0.15, 0.2) is 36.4 Å². The first kappa shape index (κ1) is 12.6. The number of nitrogens with one attached hydrogen (secondary N) is 2. The summed E-state index contributed by atoms with van der Waals surface area (Å²) in [7, 11) is 0. The van der Waals surface area contributed by atoms with Crippen LogP contribution in [0.5, 0.6) is 0 Å². The lowest BCUT2D eigenvalue weighted by Crippen LogP contribution is -2.16. The number of aromatic nitrogens is 1. The minimum Gasteiger partial charge on any atom is -0.385 e. The standard InChI is InChI=1S/C15H14FN3O/c16-13-4-1-5-14(18-13)19-15(20)11-6-7-12-10(9-11)3-2-8-17-12/h1,4-7,9,17H,2-3,8H2,(H,18,19,20). The van der Waals surface area contributed by atoms with Crippen LogP contribution in [0.3, 0.4) is 0 Å². The molecule has 3 rings (SSSR count). The van der Waals surface area contributed by atoms with E-state index in [4.69, 9.17) is 0 Å². The Hall–Kier alpha value is -2.43. The molecule has 0 bridgehead atoms. The van der Waals surface area contributed by atoms with Crippen molar-refractivity contribution < 1.29 is 9.18 Å². The molecule has 102 valence electrons. The molecule has 0 spiro atoms. The molecule has 20 heavy (non-hydrogen) atoms. The fraction of sp³-hybridized carbons (Fsp3) is 0.200. The second-order valence-electron chi connectivity index (χ2n) is 4.70. The number of halogens is 1. The van der Waals surface area contributed by atoms with Gasteiger partial charge in [-0.05, 0) is 48.7 Å². The lowest BCUT2D eigenvalue weighted by Gasteiger charge is -2.18. The topological polar surface area (TPSA) is 54.0 Å². The third-order valence-electron chi connectivity index (χ3n) is 3.26. The summed E-state index contributed by atoms with van der Waals surface area (Å²) in [6.07, 6.45) is 2.02. The van der Waals surface area contributed by atoms with Gasteiger partial charge >= 0.3 is 0 Å². The second-order valence-corrected chi connectivity index (χ2v) is 4.70. The molecule has 4 nitrogen and oxygen atoms in total. The van der Waals surface area contributed by atoms with Crippen molar-refractivity contribution in [1.82, 2.24) is 4.98 Å². The van der Waals surface area contributed by atoms with E-state index in [1.165, 1.54) is 12.1 Å². The van der Waals surface area contributed by atoms with E-state index in [-0.39, 0.29) is 11.7 Å². The molecule has 0 aliphatic carbocycles. The van der Waals surface area contributed by atoms with Crippen LogP contribution < -0.4 is 10.6 Å². The molecule has 5 heteroatoms. The Labute approximate surface area is 116 Å². The number of carbonyl (C=O) groups excluding carboxylic acids is 1. The Balaban J connectivity index is 1.80. The molecular weight excluding hydrogens is 257 g/mol. The van der Waals surface area contributed by atoms with Gasteiger partial charge in [0.1, 0.15) is 5.82 Å². The van der Waals surface area contributed by atoms with Gasteiger partial charge < -0.3 is 10.6 Å². The third kappa shape index (κ3) is 2.61. The summed E-state index contributed by atoms with van der Waals surface area (Å²) in [5.41, 5.74) is 2.77. The van der Waals surface area contributed by atoms with Crippen molar-refractivity contribution >= 4 is 17.4 Å². The molecule has 0 unspecified atom stereocenters. The molecule has 1 aromatic heterocycles. The van der Waals surface area contributed by atoms with Gasteiger partial charge in [-0.3, -0.25) is 4.79 Å². The molecule has 0 fully saturated rings. The third-order valence-corrected chi connectivity index (χ3v) is 3.26. The highest BCUT2D eigenvalue weighted by molar-refractivity contribution is 6.04. The van der Waals surface area contributed by atoms with E-state index >= 15 is 0 Å². The van der Waals surface area contributed by atoms with Gasteiger partial charge in [-0.15, -0.1) is 0 Å². The van der Waals surface area contributed by atoms with E-state index in [0.717, 1.165) is 30.6 Å². The number of fused-ring (bicyclic) bond motifs is 1. The molecule has 1 aliphatic heterocycles. The van der Waals surface area contributed by atoms with Gasteiger partial charge in [-0.25, -0.2) is 4.98 Å². The van der Waals surface area contributed by atoms with E-state index in [2.05, 4.69) is 15.6 Å². The maximum Gasteiger partial charge on any atom is 0.256 e. The number of amides is 1. The van der Waals surface area contributed by atoms with Crippen molar-refractivity contribution in [2.45, 2.75) is 12.8 Å². The summed E-state index contributed by atoms with van der Waals surface area (Å²) in [5, 5.41) is 5.89. The first-order valence-corrected chi connectivity index (χ1v) is 6.53. The van der Waals surface area contributed by atoms with Gasteiger partial charge in [0.15, 0.2) is 0 Å². The summed E-state index contributed by atoms with van der Waals surface area (Å²) in [5.74, 6) is -0.681. The minimum absolute atomic E-state index is 0.214. The first-order chi connectivity index (χ1) is 9.72. The van der Waals surface area contributed by atoms with Gasteiger partial charge in [0, 0.05) is 17.8 Å². The molecule has 0 saturated heterocycles. The fourth-order valence-electron chi connectivity index (χ4n) is 2.28. The van der Waals surface area contributed by atoms with Crippen molar-refractivity contribution in [1.29, 1.82) is 0 Å². The molecule has 0 saturated carbocycles. The Bertz CT molecular complexity index is 657. The summed E-state index contributed by atoms with van der Waals surface area (Å²) in [6.45, 7) is 0.964. The van der Waals surface area contributed by atoms with Crippen LogP contribution in [0.25, 0.3) is 0 Å². The van der Waals surface area contributed by atoms with Crippen LogP contribution in [0, 0.1) is 5.95 Å². The van der Waals surface area contributed by atoms with E-state index in [9.17, 15) is 9.18 Å². The van der Waals surface area contributed by atoms with E-state index in [1.54, 1.807) is 12.1 Å². The zero-order valence-electron chi connectivity index (χ0n) is 10.8. The SMILES string of the molecule is O=C(Nc1cccc(F)n1)c1ccc2c(c1)CCCN2. The van der Waals surface area contributed by atoms with Crippen LogP contribution in [-0.4, -0.2) is 17.4 Å². The highest BCUT2D eigenvalue weighted by Gasteiger charge is 2.13. The number of hydrogen-bond donors (Lipinski definition) is 2. The fourth-order valence-corrected chi connectivity index (χ4v) is 2.28. The maximum atomic E-state index is 13.0. The summed E-state index contributed by atoms with van der Waals surface area (Å²) >= 11 is 0. The lowest BCUT2D eigenvalue weighted by atomic mass is 10.0. The average Bonchev–Trinajstić information content (AvgIpc) is 2.47. The number of nitrogens with zero attached hydrogens (tertiary/aromatic N) is 1. The predicted molar refractivity (Wildman–Crippen MR) is 75.4 cm³/mol. The van der Waals surface area contributed by atoms with Crippen LogP contribution in [0.1, 0.15) is 22.3 Å². The highest BCUT2D eigenvalue weighted by atomic mass is 19.1. The van der Waals surface area contributed by atoms with Crippen molar-refractivity contribution in [3.63, 3.8) is 0 Å². The second kappa shape index (κ2) is 5.28. The average molecular weight is 271 g/mol. The molecule has 0 radical (unpaired) electrons. The number of anilines is 2. The molecule has 0 atom stereocenters. The number of rotatable bonds is 2. The van der Waals surface area contributed by atoms with E-state index in [0.29, 0.717) is 5.56 Å². The van der Waals surface area contributed by atoms with Gasteiger partial charge in [0.05, 0.1) is 0 Å². The molecule has 1 aliphatic rings. The van der Waals surface area contributed by atoms with Crippen LogP contribution in [0.2, 0.25) is 0 Å². The maximum absolute atomic E-state index is 13.0. The highest BCUT2D eigenvalue weighted by Crippen LogP contribution is 2.23. The Morgan fingerprint density at radius 3 is 3.05 bits per heavy atom. The predicted octanol–water partition coefficient (Wildman–Crippen LogP) is 2.83. The largest absolute Gasteiger partial charge is 0.385 e. The zero-order valence-corrected chi connectivity index (χ0v) is 10.8. The number of pyridine rings is 1. The van der Waals surface area contributed by atoms with Crippen molar-refractivity contribution in [2.24, 2.45) is 0 Å². The Morgan fingerprint density at radius 1 is 1.30 bits per heavy atom. The van der Waals surface area contributed by atoms with E-state index in [1.807, 2.05) is 12.1 Å². The minimum atomic E-state index is -0.613. The van der Waals surface area contributed by atoms with E-state index < -0.39 is 5.95 Å². The molecule has 2 N–H and O–H groups in total. The van der Waals surface area contributed by atoms with Gasteiger partial charge in [-0.1, -0.05) is 6.07 Å². The van der Waals surface area contributed by atoms with Gasteiger partial charge in [0.25, 0.3) is 5.91 Å². The Morgan fingerprint density at radius 2 is 2.20 bits per heavy atom. The Kier molecular flexibility index (Phi) is 3.33. The molecule has 1 aromatic carbocycles. The van der Waals surface area contributed by atoms with Crippen LogP contribution >= 0.6 is 0 Å². The van der Waals surface area contributed by atoms with Crippen LogP contribution in [0.4, 0.5) is 15.9 Å². The van der Waals surface area contributed by atoms with Gasteiger partial charge in [0.2, 0.25) is 5.95 Å².